The van der Waals surface area contributed by atoms with E-state index < -0.39 is 0 Å². The van der Waals surface area contributed by atoms with Crippen LogP contribution in [0, 0.1) is 5.92 Å². The van der Waals surface area contributed by atoms with Crippen LogP contribution in [0.2, 0.25) is 0 Å². The van der Waals surface area contributed by atoms with Crippen molar-refractivity contribution in [3.05, 3.63) is 0 Å². The van der Waals surface area contributed by atoms with Gasteiger partial charge >= 0.3 is 0 Å². The van der Waals surface area contributed by atoms with Gasteiger partial charge in [0.15, 0.2) is 0 Å². The van der Waals surface area contributed by atoms with E-state index in [0.29, 0.717) is 26.1 Å². The van der Waals surface area contributed by atoms with Gasteiger partial charge in [0, 0.05) is 32.0 Å². The van der Waals surface area contributed by atoms with E-state index in [9.17, 15) is 9.59 Å². The van der Waals surface area contributed by atoms with E-state index in [0.717, 1.165) is 12.8 Å². The summed E-state index contributed by atoms with van der Waals surface area (Å²) >= 11 is 0. The monoisotopic (exact) mass is 224 g/mol. The summed E-state index contributed by atoms with van der Waals surface area (Å²) in [5, 5.41) is 2.80. The first kappa shape index (κ1) is 11.4. The van der Waals surface area contributed by atoms with Gasteiger partial charge in [-0.05, 0) is 12.8 Å². The first-order valence-corrected chi connectivity index (χ1v) is 6.33. The molecule has 0 aromatic carbocycles. The predicted octanol–water partition coefficient (Wildman–Crippen LogP) is 0.915. The third-order valence-corrected chi connectivity index (χ3v) is 3.58. The van der Waals surface area contributed by atoms with Gasteiger partial charge < -0.3 is 10.2 Å². The van der Waals surface area contributed by atoms with Gasteiger partial charge in [0.25, 0.3) is 0 Å². The average Bonchev–Trinajstić information content (AvgIpc) is 2.54. The van der Waals surface area contributed by atoms with Gasteiger partial charge in [0.2, 0.25) is 11.8 Å². The summed E-state index contributed by atoms with van der Waals surface area (Å²) in [4.78, 5) is 25.2. The maximum atomic E-state index is 12.2. The summed E-state index contributed by atoms with van der Waals surface area (Å²) in [7, 11) is 0. The van der Waals surface area contributed by atoms with Gasteiger partial charge in [-0.2, -0.15) is 0 Å². The summed E-state index contributed by atoms with van der Waals surface area (Å²) in [5.41, 5.74) is 0. The van der Waals surface area contributed by atoms with E-state index in [1.807, 2.05) is 4.90 Å². The molecule has 1 aliphatic carbocycles. The molecule has 0 spiro atoms. The standard InChI is InChI=1S/C12H20N2O2/c15-11-6-8-14(9-7-13-11)12(16)10-4-2-1-3-5-10/h10H,1-9H2,(H,13,15). The van der Waals surface area contributed by atoms with Gasteiger partial charge in [-0.25, -0.2) is 0 Å². The lowest BCUT2D eigenvalue weighted by Gasteiger charge is -2.27. The molecule has 4 nitrogen and oxygen atoms in total. The largest absolute Gasteiger partial charge is 0.354 e. The van der Waals surface area contributed by atoms with Crippen molar-refractivity contribution in [1.82, 2.24) is 10.2 Å². The molecule has 0 aromatic rings. The second-order valence-corrected chi connectivity index (χ2v) is 4.76. The number of nitrogens with zero attached hydrogens (tertiary/aromatic N) is 1. The Hall–Kier alpha value is -1.06. The summed E-state index contributed by atoms with van der Waals surface area (Å²) in [5.74, 6) is 0.567. The lowest BCUT2D eigenvalue weighted by Crippen LogP contribution is -2.39. The second kappa shape index (κ2) is 5.32. The van der Waals surface area contributed by atoms with Gasteiger partial charge in [-0.3, -0.25) is 9.59 Å². The van der Waals surface area contributed by atoms with Crippen LogP contribution in [-0.2, 0) is 9.59 Å². The molecule has 0 radical (unpaired) electrons. The van der Waals surface area contributed by atoms with Gasteiger partial charge in [0.1, 0.15) is 0 Å². The van der Waals surface area contributed by atoms with Crippen LogP contribution >= 0.6 is 0 Å². The van der Waals surface area contributed by atoms with E-state index in [-0.39, 0.29) is 17.7 Å². The minimum absolute atomic E-state index is 0.0685. The highest BCUT2D eigenvalue weighted by molar-refractivity contribution is 5.81. The number of nitrogens with one attached hydrogen (secondary N) is 1. The highest BCUT2D eigenvalue weighted by Crippen LogP contribution is 2.25. The Morgan fingerprint density at radius 1 is 1.19 bits per heavy atom. The van der Waals surface area contributed by atoms with Crippen molar-refractivity contribution in [3.63, 3.8) is 0 Å². The molecule has 90 valence electrons. The van der Waals surface area contributed by atoms with Crippen LogP contribution in [0.25, 0.3) is 0 Å². The van der Waals surface area contributed by atoms with Crippen molar-refractivity contribution in [2.45, 2.75) is 38.5 Å². The minimum atomic E-state index is 0.0685. The summed E-state index contributed by atoms with van der Waals surface area (Å²) in [6, 6.07) is 0. The molecule has 1 aliphatic heterocycles. The van der Waals surface area contributed by atoms with E-state index >= 15 is 0 Å². The molecule has 16 heavy (non-hydrogen) atoms. The average molecular weight is 224 g/mol. The first-order chi connectivity index (χ1) is 7.77. The van der Waals surface area contributed by atoms with Crippen molar-refractivity contribution in [2.75, 3.05) is 19.6 Å². The van der Waals surface area contributed by atoms with Crippen LogP contribution in [0.3, 0.4) is 0 Å². The predicted molar refractivity (Wildman–Crippen MR) is 60.8 cm³/mol. The highest BCUT2D eigenvalue weighted by Gasteiger charge is 2.27. The minimum Gasteiger partial charge on any atom is -0.354 e. The summed E-state index contributed by atoms with van der Waals surface area (Å²) in [6.45, 7) is 1.89. The van der Waals surface area contributed by atoms with Crippen molar-refractivity contribution in [2.24, 2.45) is 5.92 Å². The molecular formula is C12H20N2O2. The zero-order valence-electron chi connectivity index (χ0n) is 9.71. The Kier molecular flexibility index (Phi) is 3.80. The molecular weight excluding hydrogens is 204 g/mol. The molecule has 1 N–H and O–H groups in total. The number of carbonyl (C=O) groups excluding carboxylic acids is 2. The molecule has 1 saturated carbocycles. The number of amides is 2. The van der Waals surface area contributed by atoms with Gasteiger partial charge in [0.05, 0.1) is 0 Å². The third kappa shape index (κ3) is 2.74. The Morgan fingerprint density at radius 2 is 1.94 bits per heavy atom. The Balaban J connectivity index is 1.89. The van der Waals surface area contributed by atoms with Crippen molar-refractivity contribution in [3.8, 4) is 0 Å². The zero-order chi connectivity index (χ0) is 11.4. The molecule has 2 fully saturated rings. The molecule has 0 aromatic heterocycles. The summed E-state index contributed by atoms with van der Waals surface area (Å²) in [6.07, 6.45) is 6.17. The fourth-order valence-corrected chi connectivity index (χ4v) is 2.60. The molecule has 0 unspecified atom stereocenters. The maximum Gasteiger partial charge on any atom is 0.225 e. The fraction of sp³-hybridized carbons (Fsp3) is 0.833. The van der Waals surface area contributed by atoms with E-state index in [1.165, 1.54) is 19.3 Å². The maximum absolute atomic E-state index is 12.2. The van der Waals surface area contributed by atoms with Crippen LogP contribution in [0.15, 0.2) is 0 Å². The molecule has 2 amide bonds. The zero-order valence-corrected chi connectivity index (χ0v) is 9.71. The molecule has 1 saturated heterocycles. The lowest BCUT2D eigenvalue weighted by molar-refractivity contribution is -0.136. The van der Waals surface area contributed by atoms with E-state index in [1.54, 1.807) is 0 Å². The first-order valence-electron chi connectivity index (χ1n) is 6.33. The second-order valence-electron chi connectivity index (χ2n) is 4.76. The topological polar surface area (TPSA) is 49.4 Å². The molecule has 2 aliphatic rings. The summed E-state index contributed by atoms with van der Waals surface area (Å²) < 4.78 is 0. The number of hydrogen-bond acceptors (Lipinski definition) is 2. The Labute approximate surface area is 96.4 Å². The lowest BCUT2D eigenvalue weighted by atomic mass is 9.88. The van der Waals surface area contributed by atoms with Gasteiger partial charge in [-0.15, -0.1) is 0 Å². The van der Waals surface area contributed by atoms with Crippen LogP contribution in [0.4, 0.5) is 0 Å². The molecule has 2 rings (SSSR count). The van der Waals surface area contributed by atoms with Crippen LogP contribution in [0.5, 0.6) is 0 Å². The Bertz CT molecular complexity index is 272. The smallest absolute Gasteiger partial charge is 0.225 e. The molecule has 4 heteroatoms. The number of hydrogen-bond donors (Lipinski definition) is 1. The molecule has 0 atom stereocenters. The van der Waals surface area contributed by atoms with Gasteiger partial charge in [-0.1, -0.05) is 19.3 Å². The SMILES string of the molecule is O=C1CCN(C(=O)C2CCCCC2)CCN1. The van der Waals surface area contributed by atoms with Crippen molar-refractivity contribution < 1.29 is 9.59 Å². The molecule has 1 heterocycles. The van der Waals surface area contributed by atoms with E-state index in [4.69, 9.17) is 0 Å². The fourth-order valence-electron chi connectivity index (χ4n) is 2.60. The Morgan fingerprint density at radius 3 is 2.69 bits per heavy atom. The third-order valence-electron chi connectivity index (χ3n) is 3.58. The van der Waals surface area contributed by atoms with Crippen molar-refractivity contribution >= 4 is 11.8 Å². The quantitative estimate of drug-likeness (QED) is 0.720. The van der Waals surface area contributed by atoms with E-state index in [2.05, 4.69) is 5.32 Å². The number of carbonyl (C=O) groups is 2. The van der Waals surface area contributed by atoms with Crippen LogP contribution in [-0.4, -0.2) is 36.3 Å². The normalized spacial score (nSPS) is 23.8. The van der Waals surface area contributed by atoms with Crippen LogP contribution in [0.1, 0.15) is 38.5 Å². The molecule has 0 bridgehead atoms. The van der Waals surface area contributed by atoms with Crippen LogP contribution < -0.4 is 5.32 Å². The highest BCUT2D eigenvalue weighted by atomic mass is 16.2. The van der Waals surface area contributed by atoms with Crippen molar-refractivity contribution in [1.29, 1.82) is 0 Å². The number of rotatable bonds is 1.